The Morgan fingerprint density at radius 3 is 1.87 bits per heavy atom. The summed E-state index contributed by atoms with van der Waals surface area (Å²) in [5.74, 6) is -6.40. The van der Waals surface area contributed by atoms with Crippen molar-refractivity contribution in [2.75, 3.05) is 13.2 Å². The number of esters is 1. The molecule has 0 spiro atoms. The Hall–Kier alpha value is -3.48. The van der Waals surface area contributed by atoms with Crippen molar-refractivity contribution in [2.24, 2.45) is 23.5 Å². The van der Waals surface area contributed by atoms with E-state index in [-0.39, 0.29) is 38.2 Å². The van der Waals surface area contributed by atoms with E-state index in [1.807, 2.05) is 25.2 Å². The highest BCUT2D eigenvalue weighted by molar-refractivity contribution is 5.71. The molecule has 19 nitrogen and oxygen atoms in total. The maximum absolute atomic E-state index is 12.7. The molecule has 19 atom stereocenters. The van der Waals surface area contributed by atoms with E-state index in [1.54, 1.807) is 74.6 Å². The summed E-state index contributed by atoms with van der Waals surface area (Å²) in [5.41, 5.74) is 6.06. The van der Waals surface area contributed by atoms with Crippen LogP contribution in [-0.4, -0.2) is 179 Å². The second-order valence-corrected chi connectivity index (χ2v) is 18.1. The van der Waals surface area contributed by atoms with Crippen LogP contribution in [0.15, 0.2) is 85.1 Å². The van der Waals surface area contributed by atoms with Crippen LogP contribution in [-0.2, 0) is 33.3 Å². The highest BCUT2D eigenvalue weighted by atomic mass is 16.7. The van der Waals surface area contributed by atoms with Crippen molar-refractivity contribution in [3.63, 3.8) is 0 Å². The molecule has 13 N–H and O–H groups in total. The van der Waals surface area contributed by atoms with E-state index in [0.717, 1.165) is 0 Å². The van der Waals surface area contributed by atoms with Gasteiger partial charge >= 0.3 is 11.9 Å². The molecule has 0 amide bonds. The number of aliphatic carboxylic acids is 1. The average molecular weight is 968 g/mol. The van der Waals surface area contributed by atoms with Crippen LogP contribution >= 0.6 is 0 Å². The minimum Gasteiger partial charge on any atom is -0.481 e. The number of nitrogens with two attached hydrogens (primary N) is 1. The smallest absolute Gasteiger partial charge is 0.311 e. The van der Waals surface area contributed by atoms with Crippen LogP contribution in [0.2, 0.25) is 0 Å². The zero-order valence-electron chi connectivity index (χ0n) is 39.4. The number of fused-ring (bicyclic) bond motifs is 2. The van der Waals surface area contributed by atoms with E-state index in [4.69, 9.17) is 29.4 Å². The van der Waals surface area contributed by atoms with Gasteiger partial charge in [0.15, 0.2) is 12.1 Å². The lowest BCUT2D eigenvalue weighted by Crippen LogP contribution is -2.61. The molecule has 0 unspecified atom stereocenters. The van der Waals surface area contributed by atoms with Gasteiger partial charge in [0.25, 0.3) is 0 Å². The van der Waals surface area contributed by atoms with Gasteiger partial charge in [0.2, 0.25) is 0 Å². The first kappa shape index (κ1) is 58.8. The normalized spacial score (nSPS) is 44.0. The van der Waals surface area contributed by atoms with Gasteiger partial charge in [0, 0.05) is 37.5 Å². The Morgan fingerprint density at radius 1 is 0.691 bits per heavy atom. The van der Waals surface area contributed by atoms with Gasteiger partial charge in [-0.05, 0) is 33.1 Å². The number of rotatable bonds is 6. The maximum atomic E-state index is 12.7. The molecule has 2 saturated heterocycles. The number of carboxylic acids is 1. The van der Waals surface area contributed by atoms with Crippen molar-refractivity contribution in [1.29, 1.82) is 0 Å². The minimum atomic E-state index is -1.93. The standard InChI is InChI=1S/C49H77NO18/c1-29-17-15-13-11-9-7-5-6-8-10-12-14-16-18-36(67-48-46(61)43(50)45(60)32(4)66-48)26-40-42(47(62)63)39(57)28-49(68-40,64-22-21-51)27-35(54)24-38(56)37(55)20-19-33(52)23-34(53)25-41(58)65-31(3)30(2)44(29)59/h5-18,29-40,42-46,48,51-57,59-61H,19-28,50H2,1-4H3,(H,62,63)/b6-5+,9-7+,10-8+,13-11+,14-12+,17-15-,18-16+/t29-,30-,31-,32+,33+,34+,35-,36-,37+,38+,39-,40-,42+,43-,44+,45+,46-,48-,49+/m0/s1. The van der Waals surface area contributed by atoms with Crippen LogP contribution in [0, 0.1) is 17.8 Å². The highest BCUT2D eigenvalue weighted by Crippen LogP contribution is 2.40. The van der Waals surface area contributed by atoms with Gasteiger partial charge in [-0.15, -0.1) is 0 Å². The van der Waals surface area contributed by atoms with E-state index < -0.39 is 154 Å². The van der Waals surface area contributed by atoms with E-state index >= 15 is 0 Å². The first-order valence-corrected chi connectivity index (χ1v) is 23.4. The van der Waals surface area contributed by atoms with Crippen molar-refractivity contribution in [2.45, 2.75) is 177 Å². The van der Waals surface area contributed by atoms with Gasteiger partial charge < -0.3 is 85.6 Å². The van der Waals surface area contributed by atoms with Gasteiger partial charge in [0.05, 0.1) is 92.8 Å². The molecule has 0 aromatic heterocycles. The summed E-state index contributed by atoms with van der Waals surface area (Å²) in [7, 11) is 0. The molecular formula is C49H77NO18. The van der Waals surface area contributed by atoms with Crippen LogP contribution in [0.25, 0.3) is 0 Å². The number of carbonyl (C=O) groups is 2. The van der Waals surface area contributed by atoms with Crippen LogP contribution in [0.3, 0.4) is 0 Å². The van der Waals surface area contributed by atoms with E-state index in [1.165, 1.54) is 13.0 Å². The van der Waals surface area contributed by atoms with Gasteiger partial charge in [0.1, 0.15) is 18.1 Å². The van der Waals surface area contributed by atoms with Gasteiger partial charge in [-0.25, -0.2) is 0 Å². The number of cyclic esters (lactones) is 1. The van der Waals surface area contributed by atoms with Crippen LogP contribution in [0.4, 0.5) is 0 Å². The van der Waals surface area contributed by atoms with Crippen molar-refractivity contribution in [3.8, 4) is 0 Å². The van der Waals surface area contributed by atoms with Crippen molar-refractivity contribution in [3.05, 3.63) is 85.1 Å². The predicted octanol–water partition coefficient (Wildman–Crippen LogP) is 0.728. The lowest BCUT2D eigenvalue weighted by atomic mass is 9.82. The number of carbonyl (C=O) groups excluding carboxylic acids is 1. The molecule has 0 aromatic rings. The molecule has 0 aromatic carbocycles. The molecule has 3 heterocycles. The first-order chi connectivity index (χ1) is 32.2. The number of aliphatic hydroxyl groups is 10. The monoisotopic (exact) mass is 968 g/mol. The summed E-state index contributed by atoms with van der Waals surface area (Å²) in [6.07, 6.45) is 4.04. The van der Waals surface area contributed by atoms with Gasteiger partial charge in [-0.3, -0.25) is 9.59 Å². The molecule has 3 aliphatic heterocycles. The summed E-state index contributed by atoms with van der Waals surface area (Å²) < 4.78 is 29.6. The van der Waals surface area contributed by atoms with Crippen molar-refractivity contribution in [1.82, 2.24) is 0 Å². The zero-order valence-corrected chi connectivity index (χ0v) is 39.4. The Kier molecular flexibility index (Phi) is 25.6. The summed E-state index contributed by atoms with van der Waals surface area (Å²) in [6, 6.07) is -1.15. The average Bonchev–Trinajstić information content (AvgIpc) is 3.26. The topological polar surface area (TPSA) is 329 Å². The Labute approximate surface area is 398 Å². The summed E-state index contributed by atoms with van der Waals surface area (Å²) in [6.45, 7) is 5.86. The Bertz CT molecular complexity index is 1720. The molecule has 0 aliphatic carbocycles. The molecular weight excluding hydrogens is 891 g/mol. The third kappa shape index (κ3) is 19.4. The second kappa shape index (κ2) is 29.6. The molecule has 2 fully saturated rings. The molecule has 3 aliphatic rings. The predicted molar refractivity (Wildman–Crippen MR) is 248 cm³/mol. The molecule has 19 heteroatoms. The third-order valence-corrected chi connectivity index (χ3v) is 12.5. The summed E-state index contributed by atoms with van der Waals surface area (Å²) in [5, 5.41) is 118. The third-order valence-electron chi connectivity index (χ3n) is 12.5. The molecule has 386 valence electrons. The SMILES string of the molecule is C[C@@H]1[C@H](O)[C@@H](C)\C=C/C=C/C=C/C=C/C=C/C=C/C=C/[C@H](O[C@@H]2O[C@H](C)[C@@H](O)[C@H](N)[C@@H]2O)C[C@@H]2O[C@](OCCO)(C[C@@H](O)C[C@@H](O)[C@H](O)CC[C@@H](O)C[C@@H](O)CC(=O)O[C@H]1C)C[C@H](O)[C@H]2C(=O)O. The maximum Gasteiger partial charge on any atom is 0.311 e. The molecule has 0 saturated carbocycles. The van der Waals surface area contributed by atoms with Crippen LogP contribution in [0.1, 0.15) is 79.1 Å². The molecule has 3 rings (SSSR count). The molecule has 0 radical (unpaired) electrons. The van der Waals surface area contributed by atoms with E-state index in [9.17, 15) is 65.8 Å². The van der Waals surface area contributed by atoms with E-state index in [2.05, 4.69) is 0 Å². The highest BCUT2D eigenvalue weighted by Gasteiger charge is 2.52. The number of carboxylic acid groups (broad SMARTS) is 1. The first-order valence-electron chi connectivity index (χ1n) is 23.4. The second-order valence-electron chi connectivity index (χ2n) is 18.1. The minimum absolute atomic E-state index is 0.108. The van der Waals surface area contributed by atoms with Crippen LogP contribution < -0.4 is 5.73 Å². The number of allylic oxidation sites excluding steroid dienone is 12. The summed E-state index contributed by atoms with van der Waals surface area (Å²) in [4.78, 5) is 25.3. The molecule has 2 bridgehead atoms. The lowest BCUT2D eigenvalue weighted by Gasteiger charge is -2.47. The van der Waals surface area contributed by atoms with Crippen LogP contribution in [0.5, 0.6) is 0 Å². The Balaban J connectivity index is 1.93. The van der Waals surface area contributed by atoms with Crippen molar-refractivity contribution >= 4 is 11.9 Å². The van der Waals surface area contributed by atoms with Gasteiger partial charge in [-0.1, -0.05) is 98.9 Å². The number of ether oxygens (including phenoxy) is 5. The van der Waals surface area contributed by atoms with E-state index in [0.29, 0.717) is 0 Å². The summed E-state index contributed by atoms with van der Waals surface area (Å²) >= 11 is 0. The number of aliphatic hydroxyl groups excluding tert-OH is 10. The quantitative estimate of drug-likeness (QED) is 0.163. The largest absolute Gasteiger partial charge is 0.481 e. The molecule has 68 heavy (non-hydrogen) atoms. The number of hydrogen-bond acceptors (Lipinski definition) is 18. The lowest BCUT2D eigenvalue weighted by molar-refractivity contribution is -0.325. The zero-order chi connectivity index (χ0) is 50.6. The van der Waals surface area contributed by atoms with Crippen molar-refractivity contribution < 1.29 is 89.4 Å². The fourth-order valence-corrected chi connectivity index (χ4v) is 8.33. The number of hydrogen-bond donors (Lipinski definition) is 12. The van der Waals surface area contributed by atoms with Gasteiger partial charge in [-0.2, -0.15) is 0 Å². The fourth-order valence-electron chi connectivity index (χ4n) is 8.33. The fraction of sp³-hybridized carbons (Fsp3) is 0.673. The Morgan fingerprint density at radius 2 is 1.28 bits per heavy atom.